The molecule has 0 nitrogen and oxygen atoms in total. The van der Waals surface area contributed by atoms with E-state index in [1.165, 1.54) is 6.08 Å². The predicted molar refractivity (Wildman–Crippen MR) is 56.6 cm³/mol. The van der Waals surface area contributed by atoms with Crippen LogP contribution in [-0.2, 0) is 0 Å². The van der Waals surface area contributed by atoms with E-state index in [1.807, 2.05) is 30.3 Å². The molecule has 2 heteroatoms. The van der Waals surface area contributed by atoms with E-state index in [2.05, 4.69) is 0 Å². The molecule has 1 aliphatic carbocycles. The van der Waals surface area contributed by atoms with Crippen LogP contribution in [0.15, 0.2) is 54.4 Å². The smallest absolute Gasteiger partial charge is 0.110 e. The molecule has 0 aromatic heterocycles. The van der Waals surface area contributed by atoms with Crippen LogP contribution in [0.3, 0.4) is 0 Å². The molecule has 1 aromatic rings. The summed E-state index contributed by atoms with van der Waals surface area (Å²) in [5.74, 6) is -0.484. The van der Waals surface area contributed by atoms with Crippen LogP contribution in [0.25, 0.3) is 0 Å². The van der Waals surface area contributed by atoms with Crippen LogP contribution in [0, 0.1) is 5.38 Å². The number of allylic oxidation sites excluding steroid dienone is 4. The number of hydrogen-bond acceptors (Lipinski definition) is 0. The molecule has 1 unspecified atom stereocenters. The van der Waals surface area contributed by atoms with Crippen molar-refractivity contribution < 1.29 is 4.39 Å². The van der Waals surface area contributed by atoms with Crippen molar-refractivity contribution in [3.05, 3.63) is 65.3 Å². The van der Waals surface area contributed by atoms with Gasteiger partial charge in [-0.15, -0.1) is 11.6 Å². The number of benzene rings is 1. The fourth-order valence-corrected chi connectivity index (χ4v) is 1.66. The lowest BCUT2D eigenvalue weighted by Gasteiger charge is -2.15. The largest absolute Gasteiger partial charge is 0.211 e. The Labute approximate surface area is 87.7 Å². The van der Waals surface area contributed by atoms with E-state index in [-0.39, 0.29) is 11.7 Å². The molecule has 1 aromatic carbocycles. The van der Waals surface area contributed by atoms with E-state index in [4.69, 9.17) is 11.6 Å². The van der Waals surface area contributed by atoms with Crippen molar-refractivity contribution in [2.45, 2.75) is 5.92 Å². The second-order valence-electron chi connectivity index (χ2n) is 3.16. The molecule has 0 spiro atoms. The third-order valence-electron chi connectivity index (χ3n) is 2.18. The summed E-state index contributed by atoms with van der Waals surface area (Å²) in [6, 6.07) is 9.52. The number of halogens is 2. The van der Waals surface area contributed by atoms with Gasteiger partial charge in [-0.05, 0) is 11.6 Å². The van der Waals surface area contributed by atoms with Gasteiger partial charge in [0, 0.05) is 0 Å². The Hall–Kier alpha value is -1.08. The van der Waals surface area contributed by atoms with Crippen LogP contribution in [0.2, 0.25) is 0 Å². The first-order valence-electron chi connectivity index (χ1n) is 4.40. The Kier molecular flexibility index (Phi) is 2.69. The molecule has 0 amide bonds. The first-order valence-corrected chi connectivity index (χ1v) is 4.78. The van der Waals surface area contributed by atoms with Crippen molar-refractivity contribution in [2.24, 2.45) is 0 Å². The standard InChI is InChI=1S/C12H9ClF/c13-10-6-7-11(12(14)8-10)9-4-2-1-3-5-9/h1-8,11H. The molecule has 71 valence electrons. The van der Waals surface area contributed by atoms with E-state index < -0.39 is 0 Å². The molecular weight excluding hydrogens is 199 g/mol. The third-order valence-corrected chi connectivity index (χ3v) is 2.41. The van der Waals surface area contributed by atoms with Crippen molar-refractivity contribution in [3.8, 4) is 0 Å². The molecule has 2 rings (SSSR count). The number of hydrogen-bond donors (Lipinski definition) is 0. The molecule has 14 heavy (non-hydrogen) atoms. The molecule has 0 bridgehead atoms. The van der Waals surface area contributed by atoms with Gasteiger partial charge >= 0.3 is 0 Å². The van der Waals surface area contributed by atoms with Gasteiger partial charge in [0.1, 0.15) is 11.2 Å². The van der Waals surface area contributed by atoms with Gasteiger partial charge in [0.05, 0.1) is 5.92 Å². The van der Waals surface area contributed by atoms with Gasteiger partial charge in [0.2, 0.25) is 0 Å². The van der Waals surface area contributed by atoms with Crippen molar-refractivity contribution in [2.75, 3.05) is 0 Å². The van der Waals surface area contributed by atoms with Gasteiger partial charge in [0.15, 0.2) is 0 Å². The quantitative estimate of drug-likeness (QED) is 0.654. The molecular formula is C12H9ClF. The normalized spacial score (nSPS) is 22.1. The maximum atomic E-state index is 13.5. The summed E-state index contributed by atoms with van der Waals surface area (Å²) in [4.78, 5) is 0. The van der Waals surface area contributed by atoms with Crippen molar-refractivity contribution >= 4 is 11.6 Å². The third kappa shape index (κ3) is 1.88. The minimum absolute atomic E-state index is 0.205. The van der Waals surface area contributed by atoms with Gasteiger partial charge in [0.25, 0.3) is 0 Å². The van der Waals surface area contributed by atoms with Crippen LogP contribution in [0.4, 0.5) is 4.39 Å². The minimum Gasteiger partial charge on any atom is -0.211 e. The Morgan fingerprint density at radius 1 is 1.14 bits per heavy atom. The Bertz CT molecular complexity index is 367. The van der Waals surface area contributed by atoms with Gasteiger partial charge in [-0.3, -0.25) is 0 Å². The molecule has 0 N–H and O–H groups in total. The van der Waals surface area contributed by atoms with E-state index in [0.29, 0.717) is 5.38 Å². The monoisotopic (exact) mass is 207 g/mol. The van der Waals surface area contributed by atoms with Crippen LogP contribution in [0.5, 0.6) is 0 Å². The summed E-state index contributed by atoms with van der Waals surface area (Å²) in [7, 11) is 0. The van der Waals surface area contributed by atoms with Gasteiger partial charge in [-0.1, -0.05) is 42.5 Å². The van der Waals surface area contributed by atoms with E-state index in [9.17, 15) is 4.39 Å². The van der Waals surface area contributed by atoms with E-state index >= 15 is 0 Å². The highest BCUT2D eigenvalue weighted by atomic mass is 35.5. The lowest BCUT2D eigenvalue weighted by Crippen LogP contribution is -2.01. The van der Waals surface area contributed by atoms with E-state index in [0.717, 1.165) is 5.56 Å². The molecule has 1 aliphatic rings. The maximum Gasteiger partial charge on any atom is 0.110 e. The highest BCUT2D eigenvalue weighted by Gasteiger charge is 2.18. The second-order valence-corrected chi connectivity index (χ2v) is 3.60. The van der Waals surface area contributed by atoms with Crippen molar-refractivity contribution in [1.29, 1.82) is 0 Å². The van der Waals surface area contributed by atoms with Crippen LogP contribution in [0.1, 0.15) is 11.5 Å². The second kappa shape index (κ2) is 3.97. The lowest BCUT2D eigenvalue weighted by atomic mass is 9.93. The van der Waals surface area contributed by atoms with Crippen molar-refractivity contribution in [3.63, 3.8) is 0 Å². The Morgan fingerprint density at radius 3 is 2.50 bits per heavy atom. The molecule has 0 saturated carbocycles. The van der Waals surface area contributed by atoms with Gasteiger partial charge < -0.3 is 0 Å². The maximum absolute atomic E-state index is 13.5. The fourth-order valence-electron chi connectivity index (χ4n) is 1.48. The summed E-state index contributed by atoms with van der Waals surface area (Å²) in [5.41, 5.74) is 0.946. The predicted octanol–water partition coefficient (Wildman–Crippen LogP) is 3.96. The fraction of sp³-hybridized carbons (Fsp3) is 0.0833. The zero-order valence-corrected chi connectivity index (χ0v) is 8.21. The molecule has 0 fully saturated rings. The first kappa shape index (κ1) is 9.47. The van der Waals surface area contributed by atoms with Crippen LogP contribution in [-0.4, -0.2) is 0 Å². The summed E-state index contributed by atoms with van der Waals surface area (Å²) in [5, 5.41) is 0.440. The summed E-state index contributed by atoms with van der Waals surface area (Å²) >= 11 is 5.68. The average Bonchev–Trinajstić information content (AvgIpc) is 2.19. The lowest BCUT2D eigenvalue weighted by molar-refractivity contribution is 0.580. The topological polar surface area (TPSA) is 0 Å². The first-order chi connectivity index (χ1) is 6.77. The Balaban J connectivity index is 2.29. The highest BCUT2D eigenvalue weighted by molar-refractivity contribution is 6.30. The highest BCUT2D eigenvalue weighted by Crippen LogP contribution is 2.33. The molecule has 0 saturated heterocycles. The van der Waals surface area contributed by atoms with Crippen molar-refractivity contribution in [1.82, 2.24) is 0 Å². The summed E-state index contributed by atoms with van der Waals surface area (Å²) in [6.07, 6.45) is 4.86. The molecule has 0 aliphatic heterocycles. The van der Waals surface area contributed by atoms with Crippen LogP contribution >= 0.6 is 11.6 Å². The van der Waals surface area contributed by atoms with Crippen LogP contribution < -0.4 is 0 Å². The SMILES string of the molecule is FC1=C[C](Cl)C=CC1c1ccccc1. The Morgan fingerprint density at radius 2 is 1.86 bits per heavy atom. The van der Waals surface area contributed by atoms with E-state index in [1.54, 1.807) is 12.2 Å². The molecule has 0 heterocycles. The molecule has 1 atom stereocenters. The van der Waals surface area contributed by atoms with Gasteiger partial charge in [-0.2, -0.15) is 0 Å². The zero-order valence-electron chi connectivity index (χ0n) is 7.45. The minimum atomic E-state index is -0.279. The number of rotatable bonds is 1. The summed E-state index contributed by atoms with van der Waals surface area (Å²) in [6.45, 7) is 0. The summed E-state index contributed by atoms with van der Waals surface area (Å²) < 4.78 is 13.5. The van der Waals surface area contributed by atoms with Gasteiger partial charge in [-0.25, -0.2) is 4.39 Å². The molecule has 1 radical (unpaired) electrons. The average molecular weight is 208 g/mol. The zero-order chi connectivity index (χ0) is 9.97.